The van der Waals surface area contributed by atoms with E-state index in [1.54, 1.807) is 10.7 Å². The minimum Gasteiger partial charge on any atom is -0.383 e. The van der Waals surface area contributed by atoms with E-state index in [1.165, 1.54) is 54.1 Å². The SMILES string of the molecule is COCCN(CCOC)S(=O)(=O)c1ccc(C(=O)Nc2cc(C)nn2-c2nc3c(C)ccc(Cl)c3s2)cc1. The molecule has 1 amide bonds. The first-order chi connectivity index (χ1) is 18.1. The number of anilines is 1. The number of aromatic nitrogens is 3. The molecule has 4 aromatic rings. The van der Waals surface area contributed by atoms with E-state index < -0.39 is 15.9 Å². The largest absolute Gasteiger partial charge is 0.383 e. The van der Waals surface area contributed by atoms with E-state index in [-0.39, 0.29) is 36.8 Å². The molecule has 2 aromatic heterocycles. The minimum atomic E-state index is -3.80. The molecule has 0 aliphatic rings. The molecule has 0 aliphatic heterocycles. The van der Waals surface area contributed by atoms with E-state index in [9.17, 15) is 13.2 Å². The fraction of sp³-hybridized carbons (Fsp3) is 0.320. The lowest BCUT2D eigenvalue weighted by molar-refractivity contribution is 0.102. The van der Waals surface area contributed by atoms with Gasteiger partial charge < -0.3 is 14.8 Å². The van der Waals surface area contributed by atoms with Crippen LogP contribution < -0.4 is 5.32 Å². The Balaban J connectivity index is 1.56. The lowest BCUT2D eigenvalue weighted by Crippen LogP contribution is -2.36. The lowest BCUT2D eigenvalue weighted by atomic mass is 10.2. The average molecular weight is 578 g/mol. The van der Waals surface area contributed by atoms with Crippen molar-refractivity contribution in [2.45, 2.75) is 18.7 Å². The average Bonchev–Trinajstić information content (AvgIpc) is 3.50. The molecule has 2 aromatic carbocycles. The summed E-state index contributed by atoms with van der Waals surface area (Å²) in [7, 11) is -0.779. The summed E-state index contributed by atoms with van der Waals surface area (Å²) in [6.45, 7) is 4.64. The third-order valence-corrected chi connectivity index (χ3v) is 9.19. The predicted molar refractivity (Wildman–Crippen MR) is 148 cm³/mol. The van der Waals surface area contributed by atoms with Gasteiger partial charge in [-0.1, -0.05) is 29.0 Å². The number of carbonyl (C=O) groups is 1. The Morgan fingerprint density at radius 2 is 1.74 bits per heavy atom. The standard InChI is InChI=1S/C25H28ClN5O5S2/c1-16-5-10-20(26)23-22(16)28-25(37-23)31-21(15-17(2)29-31)27-24(32)18-6-8-19(9-7-18)38(33,34)30(11-13-35-3)12-14-36-4/h5-10,15H,11-14H2,1-4H3,(H,27,32). The van der Waals surface area contributed by atoms with Gasteiger partial charge in [0, 0.05) is 38.9 Å². The molecule has 0 atom stereocenters. The molecule has 1 N–H and O–H groups in total. The van der Waals surface area contributed by atoms with Crippen LogP contribution in [0.3, 0.4) is 0 Å². The molecule has 4 rings (SSSR count). The number of benzene rings is 2. The van der Waals surface area contributed by atoms with Gasteiger partial charge in [0.25, 0.3) is 5.91 Å². The van der Waals surface area contributed by atoms with Gasteiger partial charge in [0.05, 0.1) is 39.0 Å². The molecular formula is C25H28ClN5O5S2. The molecule has 0 bridgehead atoms. The van der Waals surface area contributed by atoms with Crippen molar-refractivity contribution in [2.24, 2.45) is 0 Å². The van der Waals surface area contributed by atoms with Crippen molar-refractivity contribution in [3.63, 3.8) is 0 Å². The number of thiazole rings is 1. The van der Waals surface area contributed by atoms with E-state index in [0.717, 1.165) is 15.8 Å². The van der Waals surface area contributed by atoms with Crippen molar-refractivity contribution in [3.8, 4) is 5.13 Å². The Morgan fingerprint density at radius 1 is 1.08 bits per heavy atom. The smallest absolute Gasteiger partial charge is 0.256 e. The number of amides is 1. The van der Waals surface area contributed by atoms with Crippen LogP contribution in [0.25, 0.3) is 15.3 Å². The van der Waals surface area contributed by atoms with E-state index >= 15 is 0 Å². The summed E-state index contributed by atoms with van der Waals surface area (Å²) in [5.41, 5.74) is 2.75. The van der Waals surface area contributed by atoms with Crippen molar-refractivity contribution in [3.05, 3.63) is 64.3 Å². The predicted octanol–water partition coefficient (Wildman–Crippen LogP) is 4.29. The van der Waals surface area contributed by atoms with Crippen LogP contribution in [0.4, 0.5) is 5.82 Å². The Labute approximate surface area is 230 Å². The highest BCUT2D eigenvalue weighted by Gasteiger charge is 2.24. The number of fused-ring (bicyclic) bond motifs is 1. The van der Waals surface area contributed by atoms with Gasteiger partial charge in [0.2, 0.25) is 15.2 Å². The van der Waals surface area contributed by atoms with E-state index in [2.05, 4.69) is 15.4 Å². The number of hydrogen-bond donors (Lipinski definition) is 1. The Bertz CT molecular complexity index is 1500. The summed E-state index contributed by atoms with van der Waals surface area (Å²) in [5.74, 6) is 0.0170. The van der Waals surface area contributed by atoms with Crippen molar-refractivity contribution in [2.75, 3.05) is 45.8 Å². The minimum absolute atomic E-state index is 0.0730. The Hall–Kier alpha value is -2.87. The van der Waals surface area contributed by atoms with Crippen LogP contribution in [0.15, 0.2) is 47.4 Å². The molecule has 0 unspecified atom stereocenters. The van der Waals surface area contributed by atoms with Crippen LogP contribution in [0.1, 0.15) is 21.6 Å². The summed E-state index contributed by atoms with van der Waals surface area (Å²) in [4.78, 5) is 17.8. The van der Waals surface area contributed by atoms with Crippen molar-refractivity contribution in [1.29, 1.82) is 0 Å². The molecule has 0 fully saturated rings. The van der Waals surface area contributed by atoms with Crippen LogP contribution in [0, 0.1) is 13.8 Å². The molecule has 38 heavy (non-hydrogen) atoms. The number of hydrogen-bond acceptors (Lipinski definition) is 8. The zero-order valence-corrected chi connectivity index (χ0v) is 23.8. The van der Waals surface area contributed by atoms with Gasteiger partial charge in [0.1, 0.15) is 5.82 Å². The Kier molecular flexibility index (Phi) is 8.81. The normalized spacial score (nSPS) is 11.9. The van der Waals surface area contributed by atoms with Crippen LogP contribution >= 0.6 is 22.9 Å². The first-order valence-electron chi connectivity index (χ1n) is 11.7. The number of aryl methyl sites for hydroxylation is 2. The van der Waals surface area contributed by atoms with Gasteiger partial charge in [-0.3, -0.25) is 4.79 Å². The molecule has 0 saturated heterocycles. The highest BCUT2D eigenvalue weighted by atomic mass is 35.5. The number of nitrogens with zero attached hydrogens (tertiary/aromatic N) is 4. The second-order valence-electron chi connectivity index (χ2n) is 8.49. The highest BCUT2D eigenvalue weighted by Crippen LogP contribution is 2.34. The van der Waals surface area contributed by atoms with E-state index in [1.807, 2.05) is 26.0 Å². The van der Waals surface area contributed by atoms with Crippen LogP contribution in [0.2, 0.25) is 5.02 Å². The first-order valence-corrected chi connectivity index (χ1v) is 14.3. The molecule has 0 aliphatic carbocycles. The number of methoxy groups -OCH3 is 2. The molecule has 0 spiro atoms. The molecule has 2 heterocycles. The molecule has 0 radical (unpaired) electrons. The molecule has 0 saturated carbocycles. The second-order valence-corrected chi connectivity index (χ2v) is 11.8. The van der Waals surface area contributed by atoms with E-state index in [4.69, 9.17) is 21.1 Å². The maximum atomic E-state index is 13.1. The van der Waals surface area contributed by atoms with Gasteiger partial charge in [-0.25, -0.2) is 13.4 Å². The quantitative estimate of drug-likeness (QED) is 0.283. The Morgan fingerprint density at radius 3 is 2.34 bits per heavy atom. The van der Waals surface area contributed by atoms with Gasteiger partial charge in [-0.05, 0) is 49.7 Å². The molecule has 13 heteroatoms. The number of rotatable bonds is 11. The van der Waals surface area contributed by atoms with Gasteiger partial charge in [0.15, 0.2) is 0 Å². The highest BCUT2D eigenvalue weighted by molar-refractivity contribution is 7.89. The summed E-state index contributed by atoms with van der Waals surface area (Å²) in [6.07, 6.45) is 0. The number of sulfonamides is 1. The third kappa shape index (κ3) is 5.90. The summed E-state index contributed by atoms with van der Waals surface area (Å²) in [6, 6.07) is 11.2. The summed E-state index contributed by atoms with van der Waals surface area (Å²) in [5, 5.41) is 8.52. The van der Waals surface area contributed by atoms with Crippen LogP contribution in [-0.2, 0) is 19.5 Å². The van der Waals surface area contributed by atoms with Crippen molar-refractivity contribution in [1.82, 2.24) is 19.1 Å². The monoisotopic (exact) mass is 577 g/mol. The number of ether oxygens (including phenoxy) is 2. The van der Waals surface area contributed by atoms with Crippen molar-refractivity contribution >= 4 is 54.9 Å². The maximum absolute atomic E-state index is 13.1. The summed E-state index contributed by atoms with van der Waals surface area (Å²) >= 11 is 7.74. The topological polar surface area (TPSA) is 116 Å². The van der Waals surface area contributed by atoms with Crippen LogP contribution in [-0.4, -0.2) is 73.9 Å². The van der Waals surface area contributed by atoms with Crippen molar-refractivity contribution < 1.29 is 22.7 Å². The van der Waals surface area contributed by atoms with Gasteiger partial charge in [-0.15, -0.1) is 0 Å². The molecule has 202 valence electrons. The number of carbonyl (C=O) groups excluding carboxylic acids is 1. The van der Waals surface area contributed by atoms with Gasteiger partial charge in [-0.2, -0.15) is 14.1 Å². The zero-order chi connectivity index (χ0) is 27.4. The summed E-state index contributed by atoms with van der Waals surface area (Å²) < 4.78 is 40.1. The zero-order valence-electron chi connectivity index (χ0n) is 21.4. The van der Waals surface area contributed by atoms with E-state index in [0.29, 0.717) is 21.7 Å². The first kappa shape index (κ1) is 28.1. The third-order valence-electron chi connectivity index (χ3n) is 5.78. The number of nitrogens with one attached hydrogen (secondary N) is 1. The second kappa shape index (κ2) is 11.9. The molecular weight excluding hydrogens is 550 g/mol. The fourth-order valence-electron chi connectivity index (χ4n) is 3.77. The fourth-order valence-corrected chi connectivity index (χ4v) is 6.46. The van der Waals surface area contributed by atoms with Gasteiger partial charge >= 0.3 is 0 Å². The maximum Gasteiger partial charge on any atom is 0.256 e. The van der Waals surface area contributed by atoms with Crippen LogP contribution in [0.5, 0.6) is 0 Å². The lowest BCUT2D eigenvalue weighted by Gasteiger charge is -2.21. The number of halogens is 1. The molecule has 10 nitrogen and oxygen atoms in total.